The van der Waals surface area contributed by atoms with E-state index in [1.165, 1.54) is 35.4 Å². The lowest BCUT2D eigenvalue weighted by molar-refractivity contribution is -0.116. The third kappa shape index (κ3) is 3.77. The van der Waals surface area contributed by atoms with E-state index in [1.54, 1.807) is 12.1 Å². The van der Waals surface area contributed by atoms with Crippen LogP contribution in [-0.4, -0.2) is 28.5 Å². The topological polar surface area (TPSA) is 90.3 Å². The van der Waals surface area contributed by atoms with Gasteiger partial charge >= 0.3 is 5.97 Å². The van der Waals surface area contributed by atoms with E-state index < -0.39 is 11.9 Å². The molecule has 0 bridgehead atoms. The van der Waals surface area contributed by atoms with Crippen LogP contribution in [0.1, 0.15) is 33.6 Å². The molecule has 0 saturated heterocycles. The number of halogens is 1. The van der Waals surface area contributed by atoms with E-state index in [4.69, 9.17) is 16.3 Å². The van der Waals surface area contributed by atoms with Crippen molar-refractivity contribution in [2.45, 2.75) is 32.2 Å². The Morgan fingerprint density at radius 2 is 2.10 bits per heavy atom. The minimum Gasteiger partial charge on any atom is -0.465 e. The molecule has 7 nitrogen and oxygen atoms in total. The second-order valence-corrected chi connectivity index (χ2v) is 8.34. The normalized spacial score (nSPS) is 13.2. The quantitative estimate of drug-likeness (QED) is 0.639. The number of fused-ring (bicyclic) bond motifs is 2. The maximum Gasteiger partial charge on any atom is 0.341 e. The molecule has 0 spiro atoms. The molecule has 29 heavy (non-hydrogen) atoms. The number of carbonyl (C=O) groups is 2. The van der Waals surface area contributed by atoms with Crippen molar-refractivity contribution in [3.05, 3.63) is 55.9 Å². The lowest BCUT2D eigenvalue weighted by Crippen LogP contribution is -2.28. The number of amides is 1. The number of nitrogens with zero attached hydrogens (tertiary/aromatic N) is 2. The second kappa shape index (κ2) is 7.96. The second-order valence-electron chi connectivity index (χ2n) is 6.79. The third-order valence-corrected chi connectivity index (χ3v) is 6.36. The number of hydrogen-bond donors (Lipinski definition) is 1. The van der Waals surface area contributed by atoms with Gasteiger partial charge in [0, 0.05) is 9.90 Å². The number of anilines is 1. The summed E-state index contributed by atoms with van der Waals surface area (Å²) in [6.07, 6.45) is 5.07. The molecule has 0 atom stereocenters. The lowest BCUT2D eigenvalue weighted by atomic mass is 9.95. The van der Waals surface area contributed by atoms with E-state index in [9.17, 15) is 14.4 Å². The van der Waals surface area contributed by atoms with Gasteiger partial charge in [0.2, 0.25) is 5.91 Å². The standard InChI is InChI=1S/C20H18ClN3O4S/c1-28-20(27)17-12-4-2-3-5-15(12)29-18(17)23-16(25)9-24-10-22-14-7-6-11(21)8-13(14)19(24)26/h6-8,10H,2-5,9H2,1H3,(H,23,25). The highest BCUT2D eigenvalue weighted by Gasteiger charge is 2.27. The monoisotopic (exact) mass is 431 g/mol. The first-order valence-electron chi connectivity index (χ1n) is 9.15. The molecule has 150 valence electrons. The molecule has 1 aromatic carbocycles. The highest BCUT2D eigenvalue weighted by Crippen LogP contribution is 2.38. The number of esters is 1. The minimum absolute atomic E-state index is 0.225. The van der Waals surface area contributed by atoms with Gasteiger partial charge in [-0.2, -0.15) is 0 Å². The Balaban J connectivity index is 1.62. The Morgan fingerprint density at radius 3 is 2.90 bits per heavy atom. The van der Waals surface area contributed by atoms with Crippen molar-refractivity contribution in [2.24, 2.45) is 0 Å². The molecule has 1 amide bonds. The SMILES string of the molecule is COC(=O)c1c(NC(=O)Cn2cnc3ccc(Cl)cc3c2=O)sc2c1CCCC2. The molecule has 3 aromatic rings. The molecular formula is C20H18ClN3O4S. The summed E-state index contributed by atoms with van der Waals surface area (Å²) < 4.78 is 6.14. The molecular weight excluding hydrogens is 414 g/mol. The molecule has 0 unspecified atom stereocenters. The number of carbonyl (C=O) groups excluding carboxylic acids is 2. The van der Waals surface area contributed by atoms with Gasteiger partial charge in [0.05, 0.1) is 29.9 Å². The van der Waals surface area contributed by atoms with Gasteiger partial charge in [0.25, 0.3) is 5.56 Å². The van der Waals surface area contributed by atoms with E-state index in [-0.39, 0.29) is 12.1 Å². The van der Waals surface area contributed by atoms with Crippen molar-refractivity contribution >= 4 is 50.7 Å². The van der Waals surface area contributed by atoms with Gasteiger partial charge < -0.3 is 10.1 Å². The zero-order valence-corrected chi connectivity index (χ0v) is 17.2. The van der Waals surface area contributed by atoms with Crippen LogP contribution in [0.4, 0.5) is 5.00 Å². The zero-order valence-electron chi connectivity index (χ0n) is 15.7. The van der Waals surface area contributed by atoms with E-state index >= 15 is 0 Å². The van der Waals surface area contributed by atoms with Crippen LogP contribution >= 0.6 is 22.9 Å². The summed E-state index contributed by atoms with van der Waals surface area (Å²) in [6, 6.07) is 4.84. The number of hydrogen-bond acceptors (Lipinski definition) is 6. The number of ether oxygens (including phenoxy) is 1. The van der Waals surface area contributed by atoms with Crippen LogP contribution in [0.5, 0.6) is 0 Å². The third-order valence-electron chi connectivity index (χ3n) is 4.91. The van der Waals surface area contributed by atoms with Crippen LogP contribution in [-0.2, 0) is 28.9 Å². The van der Waals surface area contributed by atoms with Crippen molar-refractivity contribution in [1.29, 1.82) is 0 Å². The summed E-state index contributed by atoms with van der Waals surface area (Å²) in [7, 11) is 1.33. The molecule has 0 fully saturated rings. The Labute approximate surface area is 175 Å². The van der Waals surface area contributed by atoms with E-state index in [0.29, 0.717) is 26.5 Å². The molecule has 2 heterocycles. The highest BCUT2D eigenvalue weighted by molar-refractivity contribution is 7.17. The molecule has 0 radical (unpaired) electrons. The van der Waals surface area contributed by atoms with Gasteiger partial charge in [-0.15, -0.1) is 11.3 Å². The van der Waals surface area contributed by atoms with Crippen LogP contribution in [0, 0.1) is 0 Å². The minimum atomic E-state index is -0.459. The first-order valence-corrected chi connectivity index (χ1v) is 10.3. The number of thiophene rings is 1. The zero-order chi connectivity index (χ0) is 20.5. The molecule has 2 aromatic heterocycles. The molecule has 1 aliphatic rings. The largest absolute Gasteiger partial charge is 0.465 e. The van der Waals surface area contributed by atoms with E-state index in [0.717, 1.165) is 36.1 Å². The summed E-state index contributed by atoms with van der Waals surface area (Å²) in [5.74, 6) is -0.877. The Kier molecular flexibility index (Phi) is 5.38. The fraction of sp³-hybridized carbons (Fsp3) is 0.300. The van der Waals surface area contributed by atoms with Crippen LogP contribution in [0.15, 0.2) is 29.3 Å². The molecule has 1 N–H and O–H groups in total. The van der Waals surface area contributed by atoms with Crippen molar-refractivity contribution in [3.8, 4) is 0 Å². The molecule has 1 aliphatic carbocycles. The fourth-order valence-corrected chi connectivity index (χ4v) is 5.00. The number of benzene rings is 1. The Hall–Kier alpha value is -2.71. The van der Waals surface area contributed by atoms with Crippen molar-refractivity contribution in [3.63, 3.8) is 0 Å². The maximum absolute atomic E-state index is 12.7. The van der Waals surface area contributed by atoms with Crippen LogP contribution in [0.3, 0.4) is 0 Å². The summed E-state index contributed by atoms with van der Waals surface area (Å²) in [5, 5.41) is 4.02. The number of aryl methyl sites for hydroxylation is 1. The van der Waals surface area contributed by atoms with Gasteiger partial charge in [-0.1, -0.05) is 11.6 Å². The number of aromatic nitrogens is 2. The van der Waals surface area contributed by atoms with Gasteiger partial charge in [0.1, 0.15) is 11.5 Å². The smallest absolute Gasteiger partial charge is 0.341 e. The fourth-order valence-electron chi connectivity index (χ4n) is 3.54. The number of methoxy groups -OCH3 is 1. The maximum atomic E-state index is 12.7. The number of nitrogens with one attached hydrogen (secondary N) is 1. The van der Waals surface area contributed by atoms with Gasteiger partial charge in [-0.25, -0.2) is 9.78 Å². The summed E-state index contributed by atoms with van der Waals surface area (Å²) in [5.41, 5.74) is 1.54. The molecule has 0 saturated carbocycles. The van der Waals surface area contributed by atoms with Crippen LogP contribution in [0.25, 0.3) is 10.9 Å². The highest BCUT2D eigenvalue weighted by atomic mass is 35.5. The molecule has 0 aliphatic heterocycles. The first-order chi connectivity index (χ1) is 14.0. The molecule has 4 rings (SSSR count). The van der Waals surface area contributed by atoms with Crippen molar-refractivity contribution in [1.82, 2.24) is 9.55 Å². The van der Waals surface area contributed by atoms with Crippen LogP contribution < -0.4 is 10.9 Å². The average molecular weight is 432 g/mol. The summed E-state index contributed by atoms with van der Waals surface area (Å²) in [6.45, 7) is -0.225. The summed E-state index contributed by atoms with van der Waals surface area (Å²) >= 11 is 7.37. The van der Waals surface area contributed by atoms with Crippen molar-refractivity contribution in [2.75, 3.05) is 12.4 Å². The summed E-state index contributed by atoms with van der Waals surface area (Å²) in [4.78, 5) is 42.9. The predicted octanol–water partition coefficient (Wildman–Crippen LogP) is 3.42. The van der Waals surface area contributed by atoms with E-state index in [2.05, 4.69) is 10.3 Å². The predicted molar refractivity (Wildman–Crippen MR) is 112 cm³/mol. The van der Waals surface area contributed by atoms with Crippen LogP contribution in [0.2, 0.25) is 5.02 Å². The Bertz CT molecular complexity index is 1180. The van der Waals surface area contributed by atoms with Gasteiger partial charge in [-0.3, -0.25) is 14.2 Å². The van der Waals surface area contributed by atoms with E-state index in [1.807, 2.05) is 0 Å². The number of rotatable bonds is 4. The van der Waals surface area contributed by atoms with Crippen molar-refractivity contribution < 1.29 is 14.3 Å². The van der Waals surface area contributed by atoms with Gasteiger partial charge in [-0.05, 0) is 49.4 Å². The molecule has 9 heteroatoms. The average Bonchev–Trinajstić information content (AvgIpc) is 3.07. The lowest BCUT2D eigenvalue weighted by Gasteiger charge is -2.12. The van der Waals surface area contributed by atoms with Gasteiger partial charge in [0.15, 0.2) is 0 Å². The Morgan fingerprint density at radius 1 is 1.31 bits per heavy atom. The first kappa shape index (κ1) is 19.6.